The number of rotatable bonds is 5. The Kier molecular flexibility index (Phi) is 4.98. The number of nitrogens with zero attached hydrogens (tertiary/aromatic N) is 4. The minimum absolute atomic E-state index is 0.105. The van der Waals surface area contributed by atoms with Gasteiger partial charge in [-0.2, -0.15) is 9.50 Å². The number of methoxy groups -OCH3 is 1. The Morgan fingerprint density at radius 3 is 2.74 bits per heavy atom. The lowest BCUT2D eigenvalue weighted by Crippen LogP contribution is -2.29. The predicted molar refractivity (Wildman–Crippen MR) is 103 cm³/mol. The van der Waals surface area contributed by atoms with Crippen molar-refractivity contribution in [2.75, 3.05) is 12.8 Å². The molecule has 0 aliphatic carbocycles. The number of benzene rings is 1. The Hall–Kier alpha value is -3.16. The fraction of sp³-hybridized carbons (Fsp3) is 0.368. The van der Waals surface area contributed by atoms with Gasteiger partial charge < -0.3 is 15.8 Å². The second kappa shape index (κ2) is 7.22. The lowest BCUT2D eigenvalue weighted by atomic mass is 10.0. The highest BCUT2D eigenvalue weighted by molar-refractivity contribution is 5.79. The molecule has 3 aromatic rings. The summed E-state index contributed by atoms with van der Waals surface area (Å²) in [4.78, 5) is 21.1. The van der Waals surface area contributed by atoms with Crippen molar-refractivity contribution in [3.8, 4) is 5.75 Å². The van der Waals surface area contributed by atoms with Crippen molar-refractivity contribution in [3.05, 3.63) is 46.3 Å². The van der Waals surface area contributed by atoms with E-state index >= 15 is 0 Å². The predicted octanol–water partition coefficient (Wildman–Crippen LogP) is 2.06. The van der Waals surface area contributed by atoms with Gasteiger partial charge in [-0.15, -0.1) is 5.10 Å². The summed E-state index contributed by atoms with van der Waals surface area (Å²) in [5, 5.41) is 7.17. The van der Waals surface area contributed by atoms with Crippen molar-refractivity contribution in [2.45, 2.75) is 40.2 Å². The van der Waals surface area contributed by atoms with Gasteiger partial charge in [0.05, 0.1) is 19.6 Å². The van der Waals surface area contributed by atoms with Crippen LogP contribution in [0.25, 0.3) is 5.78 Å². The molecule has 0 aliphatic rings. The number of nitrogens with one attached hydrogen (secondary N) is 1. The van der Waals surface area contributed by atoms with Gasteiger partial charge in [0.1, 0.15) is 5.75 Å². The van der Waals surface area contributed by atoms with E-state index in [2.05, 4.69) is 20.4 Å². The molecular formula is C19H24N6O2. The summed E-state index contributed by atoms with van der Waals surface area (Å²) in [5.41, 5.74) is 10.1. The number of nitrogen functional groups attached to an aromatic ring is 1. The van der Waals surface area contributed by atoms with Crippen molar-refractivity contribution in [3.63, 3.8) is 0 Å². The van der Waals surface area contributed by atoms with Crippen LogP contribution in [0, 0.1) is 20.8 Å². The van der Waals surface area contributed by atoms with Crippen LogP contribution in [0.2, 0.25) is 0 Å². The van der Waals surface area contributed by atoms with E-state index in [0.29, 0.717) is 5.78 Å². The number of hydrogen-bond acceptors (Lipinski definition) is 6. The number of ether oxygens (including phenoxy) is 1. The molecular weight excluding hydrogens is 344 g/mol. The standard InChI is InChI=1S/C19H24N6O2/c1-10-6-7-16(27-5)15(8-10)12(3)21-17(26)9-14-11(2)22-19-23-18(20)24-25(19)13(14)4/h6-8,12H,9H2,1-5H3,(H2,20,24)(H,21,26). The van der Waals surface area contributed by atoms with E-state index in [0.717, 1.165) is 33.8 Å². The molecule has 2 heterocycles. The Labute approximate surface area is 157 Å². The number of nitrogens with two attached hydrogens (primary N) is 1. The molecule has 1 aromatic carbocycles. The van der Waals surface area contributed by atoms with E-state index in [1.807, 2.05) is 45.9 Å². The maximum Gasteiger partial charge on any atom is 0.254 e. The average molecular weight is 368 g/mol. The van der Waals surface area contributed by atoms with Gasteiger partial charge in [0.2, 0.25) is 11.9 Å². The largest absolute Gasteiger partial charge is 0.496 e. The van der Waals surface area contributed by atoms with Crippen LogP contribution in [0.4, 0.5) is 5.95 Å². The van der Waals surface area contributed by atoms with Gasteiger partial charge in [-0.25, -0.2) is 4.98 Å². The molecule has 0 fully saturated rings. The summed E-state index contributed by atoms with van der Waals surface area (Å²) in [7, 11) is 1.63. The highest BCUT2D eigenvalue weighted by atomic mass is 16.5. The molecule has 142 valence electrons. The fourth-order valence-corrected chi connectivity index (χ4v) is 3.20. The topological polar surface area (TPSA) is 107 Å². The SMILES string of the molecule is COc1ccc(C)cc1C(C)NC(=O)Cc1c(C)nc2nc(N)nn2c1C. The average Bonchev–Trinajstić information content (AvgIpc) is 2.98. The van der Waals surface area contributed by atoms with E-state index in [9.17, 15) is 4.79 Å². The monoisotopic (exact) mass is 368 g/mol. The molecule has 0 aliphatic heterocycles. The molecule has 8 nitrogen and oxygen atoms in total. The van der Waals surface area contributed by atoms with Crippen LogP contribution in [0.5, 0.6) is 5.75 Å². The zero-order chi connectivity index (χ0) is 19.7. The summed E-state index contributed by atoms with van der Waals surface area (Å²) in [6, 6.07) is 5.72. The quantitative estimate of drug-likeness (QED) is 0.714. The van der Waals surface area contributed by atoms with Crippen LogP contribution in [0.15, 0.2) is 18.2 Å². The number of anilines is 1. The number of aromatic nitrogens is 4. The highest BCUT2D eigenvalue weighted by Gasteiger charge is 2.18. The second-order valence-electron chi connectivity index (χ2n) is 6.65. The lowest BCUT2D eigenvalue weighted by molar-refractivity contribution is -0.121. The van der Waals surface area contributed by atoms with Gasteiger partial charge in [-0.1, -0.05) is 17.7 Å². The summed E-state index contributed by atoms with van der Waals surface area (Å²) >= 11 is 0. The molecule has 0 radical (unpaired) electrons. The van der Waals surface area contributed by atoms with Crippen LogP contribution in [-0.2, 0) is 11.2 Å². The summed E-state index contributed by atoms with van der Waals surface area (Å²) < 4.78 is 6.99. The second-order valence-corrected chi connectivity index (χ2v) is 6.65. The first-order valence-corrected chi connectivity index (χ1v) is 8.72. The Bertz CT molecular complexity index is 1010. The molecule has 8 heteroatoms. The number of fused-ring (bicyclic) bond motifs is 1. The van der Waals surface area contributed by atoms with Gasteiger partial charge >= 0.3 is 0 Å². The first-order chi connectivity index (χ1) is 12.8. The Morgan fingerprint density at radius 1 is 1.30 bits per heavy atom. The van der Waals surface area contributed by atoms with Crippen LogP contribution in [-0.4, -0.2) is 32.6 Å². The molecule has 3 N–H and O–H groups in total. The fourth-order valence-electron chi connectivity index (χ4n) is 3.20. The molecule has 27 heavy (non-hydrogen) atoms. The third-order valence-electron chi connectivity index (χ3n) is 4.63. The molecule has 3 rings (SSSR count). The first kappa shape index (κ1) is 18.6. The number of carbonyl (C=O) groups is 1. The maximum atomic E-state index is 12.7. The summed E-state index contributed by atoms with van der Waals surface area (Å²) in [6.07, 6.45) is 0.193. The molecule has 2 aromatic heterocycles. The Morgan fingerprint density at radius 2 is 2.04 bits per heavy atom. The smallest absolute Gasteiger partial charge is 0.254 e. The molecule has 0 saturated heterocycles. The lowest BCUT2D eigenvalue weighted by Gasteiger charge is -2.18. The summed E-state index contributed by atoms with van der Waals surface area (Å²) in [5.74, 6) is 1.24. The van der Waals surface area contributed by atoms with Gasteiger partial charge in [0.15, 0.2) is 0 Å². The number of carbonyl (C=O) groups excluding carboxylic acids is 1. The molecule has 0 spiro atoms. The van der Waals surface area contributed by atoms with Crippen molar-refractivity contribution in [1.82, 2.24) is 24.9 Å². The highest BCUT2D eigenvalue weighted by Crippen LogP contribution is 2.26. The van der Waals surface area contributed by atoms with E-state index in [1.165, 1.54) is 0 Å². The zero-order valence-corrected chi connectivity index (χ0v) is 16.2. The van der Waals surface area contributed by atoms with Crippen molar-refractivity contribution in [1.29, 1.82) is 0 Å². The normalized spacial score (nSPS) is 12.2. The number of aryl methyl sites for hydroxylation is 3. The van der Waals surface area contributed by atoms with Crippen LogP contribution >= 0.6 is 0 Å². The zero-order valence-electron chi connectivity index (χ0n) is 16.2. The minimum Gasteiger partial charge on any atom is -0.496 e. The van der Waals surface area contributed by atoms with Crippen molar-refractivity contribution >= 4 is 17.6 Å². The van der Waals surface area contributed by atoms with E-state index in [-0.39, 0.29) is 24.3 Å². The Balaban J connectivity index is 1.82. The number of hydrogen-bond donors (Lipinski definition) is 2. The van der Waals surface area contributed by atoms with Crippen molar-refractivity contribution in [2.24, 2.45) is 0 Å². The number of amides is 1. The molecule has 1 atom stereocenters. The van der Waals surface area contributed by atoms with Gasteiger partial charge in [0, 0.05) is 22.5 Å². The molecule has 1 unspecified atom stereocenters. The van der Waals surface area contributed by atoms with Crippen LogP contribution < -0.4 is 15.8 Å². The van der Waals surface area contributed by atoms with E-state index < -0.39 is 0 Å². The first-order valence-electron chi connectivity index (χ1n) is 8.72. The van der Waals surface area contributed by atoms with Crippen LogP contribution in [0.3, 0.4) is 0 Å². The van der Waals surface area contributed by atoms with Gasteiger partial charge in [0.25, 0.3) is 5.78 Å². The molecule has 1 amide bonds. The third kappa shape index (κ3) is 3.69. The van der Waals surface area contributed by atoms with Gasteiger partial charge in [-0.05, 0) is 33.8 Å². The molecule has 0 saturated carbocycles. The summed E-state index contributed by atoms with van der Waals surface area (Å²) in [6.45, 7) is 7.68. The third-order valence-corrected chi connectivity index (χ3v) is 4.63. The van der Waals surface area contributed by atoms with Gasteiger partial charge in [-0.3, -0.25) is 4.79 Å². The van der Waals surface area contributed by atoms with E-state index in [1.54, 1.807) is 11.6 Å². The minimum atomic E-state index is -0.188. The van der Waals surface area contributed by atoms with E-state index in [4.69, 9.17) is 10.5 Å². The van der Waals surface area contributed by atoms with Crippen LogP contribution in [0.1, 0.15) is 41.0 Å². The molecule has 0 bridgehead atoms. The maximum absolute atomic E-state index is 12.7. The van der Waals surface area contributed by atoms with Crippen molar-refractivity contribution < 1.29 is 9.53 Å².